The van der Waals surface area contributed by atoms with Crippen molar-refractivity contribution in [1.29, 1.82) is 0 Å². The summed E-state index contributed by atoms with van der Waals surface area (Å²) in [5, 5.41) is 0. The van der Waals surface area contributed by atoms with Crippen LogP contribution >= 0.6 is 11.6 Å². The van der Waals surface area contributed by atoms with Gasteiger partial charge in [-0.05, 0) is 0 Å². The highest BCUT2D eigenvalue weighted by molar-refractivity contribution is 6.19. The molecule has 1 aliphatic heterocycles. The number of methoxy groups -OCH3 is 1. The van der Waals surface area contributed by atoms with E-state index in [0.29, 0.717) is 5.57 Å². The van der Waals surface area contributed by atoms with Crippen LogP contribution in [0.2, 0.25) is 0 Å². The highest BCUT2D eigenvalue weighted by Crippen LogP contribution is 2.21. The van der Waals surface area contributed by atoms with Crippen molar-refractivity contribution in [3.63, 3.8) is 0 Å². The number of hydrogen-bond acceptors (Lipinski definition) is 4. The Hall–Kier alpha value is -1.49. The van der Waals surface area contributed by atoms with Crippen molar-refractivity contribution in [3.8, 4) is 0 Å². The molecule has 17 heavy (non-hydrogen) atoms. The summed E-state index contributed by atoms with van der Waals surface area (Å²) in [6.45, 7) is 3.86. The molecule has 1 atom stereocenters. The van der Waals surface area contributed by atoms with Crippen LogP contribution in [0, 0.1) is 0 Å². The second-order valence-corrected chi connectivity index (χ2v) is 3.65. The molecule has 1 aliphatic rings. The van der Waals surface area contributed by atoms with Gasteiger partial charge >= 0.3 is 12.1 Å². The summed E-state index contributed by atoms with van der Waals surface area (Å²) in [4.78, 5) is 24.4. The predicted molar refractivity (Wildman–Crippen MR) is 62.9 cm³/mol. The lowest BCUT2D eigenvalue weighted by atomic mass is 10.1. The number of amides is 1. The number of esters is 1. The van der Waals surface area contributed by atoms with Crippen LogP contribution in [0.4, 0.5) is 4.79 Å². The Morgan fingerprint density at radius 1 is 1.71 bits per heavy atom. The molecule has 0 saturated heterocycles. The Kier molecular flexibility index (Phi) is 5.03. The van der Waals surface area contributed by atoms with Crippen LogP contribution in [-0.4, -0.2) is 49.1 Å². The lowest BCUT2D eigenvalue weighted by Gasteiger charge is -2.23. The molecule has 0 unspecified atom stereocenters. The van der Waals surface area contributed by atoms with Crippen LogP contribution in [0.25, 0.3) is 0 Å². The highest BCUT2D eigenvalue weighted by atomic mass is 35.5. The van der Waals surface area contributed by atoms with E-state index in [4.69, 9.17) is 16.3 Å². The highest BCUT2D eigenvalue weighted by Gasteiger charge is 2.35. The molecule has 5 nitrogen and oxygen atoms in total. The van der Waals surface area contributed by atoms with E-state index >= 15 is 0 Å². The van der Waals surface area contributed by atoms with Crippen LogP contribution in [-0.2, 0) is 14.3 Å². The quantitative estimate of drug-likeness (QED) is 0.434. The van der Waals surface area contributed by atoms with Crippen molar-refractivity contribution in [2.24, 2.45) is 0 Å². The third-order valence-electron chi connectivity index (χ3n) is 2.37. The van der Waals surface area contributed by atoms with Crippen molar-refractivity contribution >= 4 is 23.7 Å². The SMILES string of the molecule is C=CCOC(=O)N1CC=C(C(=O)OC)[C@H]1CCl. The minimum Gasteiger partial charge on any atom is -0.466 e. The summed E-state index contributed by atoms with van der Waals surface area (Å²) < 4.78 is 9.51. The number of carbonyl (C=O) groups is 2. The van der Waals surface area contributed by atoms with Crippen molar-refractivity contribution in [3.05, 3.63) is 24.3 Å². The average molecular weight is 260 g/mol. The van der Waals surface area contributed by atoms with Crippen LogP contribution in [0.5, 0.6) is 0 Å². The van der Waals surface area contributed by atoms with Gasteiger partial charge in [-0.3, -0.25) is 4.90 Å². The molecule has 1 rings (SSSR count). The number of alkyl halides is 1. The van der Waals surface area contributed by atoms with Gasteiger partial charge in [0.15, 0.2) is 0 Å². The topological polar surface area (TPSA) is 55.8 Å². The first-order valence-electron chi connectivity index (χ1n) is 5.04. The fourth-order valence-corrected chi connectivity index (χ4v) is 1.88. The fraction of sp³-hybridized carbons (Fsp3) is 0.455. The standard InChI is InChI=1S/C11H14ClNO4/c1-3-6-17-11(15)13-5-4-8(9(13)7-12)10(14)16-2/h3-4,9H,1,5-7H2,2H3/t9-/m1/s1. The van der Waals surface area contributed by atoms with Crippen molar-refractivity contribution in [1.82, 2.24) is 4.90 Å². The number of ether oxygens (including phenoxy) is 2. The van der Waals surface area contributed by atoms with E-state index in [-0.39, 0.29) is 19.0 Å². The van der Waals surface area contributed by atoms with Crippen molar-refractivity contribution in [2.45, 2.75) is 6.04 Å². The Bertz CT molecular complexity index is 353. The van der Waals surface area contributed by atoms with Gasteiger partial charge in [-0.2, -0.15) is 0 Å². The van der Waals surface area contributed by atoms with Gasteiger partial charge in [-0.15, -0.1) is 11.6 Å². The van der Waals surface area contributed by atoms with Gasteiger partial charge in [0.1, 0.15) is 6.61 Å². The molecule has 0 aromatic rings. The van der Waals surface area contributed by atoms with E-state index in [9.17, 15) is 9.59 Å². The van der Waals surface area contributed by atoms with Crippen LogP contribution in [0.3, 0.4) is 0 Å². The molecule has 1 heterocycles. The first-order valence-corrected chi connectivity index (χ1v) is 5.57. The van der Waals surface area contributed by atoms with Gasteiger partial charge in [-0.1, -0.05) is 18.7 Å². The molecule has 0 bridgehead atoms. The second-order valence-electron chi connectivity index (χ2n) is 3.34. The molecule has 6 heteroatoms. The fourth-order valence-electron chi connectivity index (χ4n) is 1.55. The molecule has 0 aliphatic carbocycles. The molecule has 0 aromatic heterocycles. The third-order valence-corrected chi connectivity index (χ3v) is 2.66. The van der Waals surface area contributed by atoms with Gasteiger partial charge in [0.05, 0.1) is 18.7 Å². The van der Waals surface area contributed by atoms with E-state index < -0.39 is 18.1 Å². The van der Waals surface area contributed by atoms with E-state index in [2.05, 4.69) is 11.3 Å². The maximum Gasteiger partial charge on any atom is 0.410 e. The lowest BCUT2D eigenvalue weighted by Crippen LogP contribution is -2.40. The van der Waals surface area contributed by atoms with Gasteiger partial charge in [-0.25, -0.2) is 9.59 Å². The van der Waals surface area contributed by atoms with Crippen molar-refractivity contribution < 1.29 is 19.1 Å². The monoisotopic (exact) mass is 259 g/mol. The maximum absolute atomic E-state index is 11.6. The number of nitrogens with zero attached hydrogens (tertiary/aromatic N) is 1. The molecular formula is C11H14ClNO4. The Balaban J connectivity index is 2.70. The Morgan fingerprint density at radius 3 is 2.94 bits per heavy atom. The van der Waals surface area contributed by atoms with Gasteiger partial charge in [0, 0.05) is 12.4 Å². The van der Waals surface area contributed by atoms with Crippen LogP contribution in [0.15, 0.2) is 24.3 Å². The number of halogens is 1. The van der Waals surface area contributed by atoms with Gasteiger partial charge in [0.25, 0.3) is 0 Å². The van der Waals surface area contributed by atoms with E-state index in [0.717, 1.165) is 0 Å². The molecular weight excluding hydrogens is 246 g/mol. The molecule has 0 aromatic carbocycles. The zero-order chi connectivity index (χ0) is 12.8. The summed E-state index contributed by atoms with van der Waals surface area (Å²) in [5.41, 5.74) is 0.387. The summed E-state index contributed by atoms with van der Waals surface area (Å²) in [6, 6.07) is -0.499. The zero-order valence-electron chi connectivity index (χ0n) is 9.52. The minimum absolute atomic E-state index is 0.115. The molecule has 0 spiro atoms. The Labute approximate surface area is 105 Å². The average Bonchev–Trinajstić information content (AvgIpc) is 2.78. The molecule has 0 N–H and O–H groups in total. The Morgan fingerprint density at radius 2 is 2.41 bits per heavy atom. The summed E-state index contributed by atoms with van der Waals surface area (Å²) in [6.07, 6.45) is 2.57. The molecule has 0 radical (unpaired) electrons. The number of carbonyl (C=O) groups excluding carboxylic acids is 2. The molecule has 1 amide bonds. The minimum atomic E-state index is -0.522. The van der Waals surface area contributed by atoms with E-state index in [1.807, 2.05) is 0 Å². The summed E-state index contributed by atoms with van der Waals surface area (Å²) in [7, 11) is 1.28. The molecule has 94 valence electrons. The largest absolute Gasteiger partial charge is 0.466 e. The zero-order valence-corrected chi connectivity index (χ0v) is 10.3. The number of rotatable bonds is 4. The van der Waals surface area contributed by atoms with Crippen molar-refractivity contribution in [2.75, 3.05) is 26.1 Å². The molecule has 0 saturated carbocycles. The first kappa shape index (κ1) is 13.6. The van der Waals surface area contributed by atoms with Gasteiger partial charge in [0.2, 0.25) is 0 Å². The number of hydrogen-bond donors (Lipinski definition) is 0. The smallest absolute Gasteiger partial charge is 0.410 e. The maximum atomic E-state index is 11.6. The molecule has 0 fully saturated rings. The van der Waals surface area contributed by atoms with Crippen LogP contribution in [0.1, 0.15) is 0 Å². The summed E-state index contributed by atoms with van der Waals surface area (Å²) >= 11 is 5.76. The predicted octanol–water partition coefficient (Wildman–Crippen LogP) is 1.33. The first-order chi connectivity index (χ1) is 8.15. The summed E-state index contributed by atoms with van der Waals surface area (Å²) in [5.74, 6) is -0.362. The van der Waals surface area contributed by atoms with Crippen LogP contribution < -0.4 is 0 Å². The van der Waals surface area contributed by atoms with E-state index in [1.54, 1.807) is 6.08 Å². The third kappa shape index (κ3) is 3.00. The van der Waals surface area contributed by atoms with Gasteiger partial charge < -0.3 is 9.47 Å². The van der Waals surface area contributed by atoms with E-state index in [1.165, 1.54) is 18.1 Å². The lowest BCUT2D eigenvalue weighted by molar-refractivity contribution is -0.136. The normalized spacial score (nSPS) is 18.6. The second kappa shape index (κ2) is 6.30.